The normalized spacial score (nSPS) is 11.6. The summed E-state index contributed by atoms with van der Waals surface area (Å²) >= 11 is 1.90. The molecular formula is C132H89N7S. The maximum absolute atomic E-state index is 3.74. The summed E-state index contributed by atoms with van der Waals surface area (Å²) in [5, 5.41) is 20.4. The van der Waals surface area contributed by atoms with E-state index in [0.29, 0.717) is 0 Å². The number of hydrogen-bond donors (Lipinski definition) is 1. The zero-order chi connectivity index (χ0) is 92.5. The summed E-state index contributed by atoms with van der Waals surface area (Å²) in [7, 11) is 0. The molecule has 0 spiro atoms. The molecule has 8 heteroatoms. The Morgan fingerprint density at radius 3 is 0.943 bits per heavy atom. The van der Waals surface area contributed by atoms with Crippen molar-refractivity contribution in [3.63, 3.8) is 0 Å². The second kappa shape index (κ2) is 35.2. The summed E-state index contributed by atoms with van der Waals surface area (Å²) in [6.45, 7) is 0. The molecule has 140 heavy (non-hydrogen) atoms. The molecule has 0 aliphatic rings. The van der Waals surface area contributed by atoms with Gasteiger partial charge in [0.1, 0.15) is 0 Å². The average Bonchev–Trinajstić information content (AvgIpc) is 1.55. The van der Waals surface area contributed by atoms with Gasteiger partial charge in [0.05, 0.1) is 38.6 Å². The van der Waals surface area contributed by atoms with E-state index in [1.807, 2.05) is 11.3 Å². The number of fused-ring (bicyclic) bond motifs is 20. The molecule has 0 atom stereocenters. The van der Waals surface area contributed by atoms with Gasteiger partial charge in [0, 0.05) is 137 Å². The Hall–Kier alpha value is -18.3. The van der Waals surface area contributed by atoms with E-state index in [9.17, 15) is 0 Å². The zero-order valence-electron chi connectivity index (χ0n) is 76.4. The smallest absolute Gasteiger partial charge is 0.0566 e. The molecule has 658 valence electrons. The lowest BCUT2D eigenvalue weighted by Crippen LogP contribution is -2.10. The van der Waals surface area contributed by atoms with Gasteiger partial charge in [0.15, 0.2) is 0 Å². The number of thiophene rings is 1. The van der Waals surface area contributed by atoms with Crippen LogP contribution in [0.5, 0.6) is 0 Å². The predicted molar refractivity (Wildman–Crippen MR) is 597 cm³/mol. The first-order chi connectivity index (χ1) is 69.4. The molecule has 28 aromatic rings. The minimum Gasteiger partial charge on any atom is -0.354 e. The van der Waals surface area contributed by atoms with Gasteiger partial charge in [0.2, 0.25) is 0 Å². The topological polar surface area (TPSA) is 40.3 Å². The van der Waals surface area contributed by atoms with Gasteiger partial charge in [0.25, 0.3) is 0 Å². The second-order valence-corrected chi connectivity index (χ2v) is 37.0. The zero-order valence-corrected chi connectivity index (χ0v) is 77.2. The van der Waals surface area contributed by atoms with Crippen LogP contribution in [-0.2, 0) is 0 Å². The van der Waals surface area contributed by atoms with Gasteiger partial charge in [-0.15, -0.1) is 11.3 Å². The molecule has 5 aromatic heterocycles. The largest absolute Gasteiger partial charge is 0.354 e. The first kappa shape index (κ1) is 82.3. The average molecular weight is 1810 g/mol. The maximum atomic E-state index is 3.74. The van der Waals surface area contributed by atoms with Crippen molar-refractivity contribution in [1.82, 2.24) is 18.7 Å². The van der Waals surface area contributed by atoms with E-state index < -0.39 is 0 Å². The summed E-state index contributed by atoms with van der Waals surface area (Å²) in [5.74, 6) is 0. The fourth-order valence-electron chi connectivity index (χ4n) is 21.2. The van der Waals surface area contributed by atoms with Crippen molar-refractivity contribution in [1.29, 1.82) is 0 Å². The van der Waals surface area contributed by atoms with Crippen molar-refractivity contribution in [2.24, 2.45) is 0 Å². The van der Waals surface area contributed by atoms with Gasteiger partial charge < -0.3 is 33.4 Å². The number of anilines is 9. The van der Waals surface area contributed by atoms with Crippen molar-refractivity contribution >= 4 is 202 Å². The first-order valence-corrected chi connectivity index (χ1v) is 48.6. The molecule has 5 heterocycles. The summed E-state index contributed by atoms with van der Waals surface area (Å²) in [4.78, 5) is 10.7. The summed E-state index contributed by atoms with van der Waals surface area (Å²) in [6, 6.07) is 192. The first-order valence-electron chi connectivity index (χ1n) is 47.8. The monoisotopic (exact) mass is 1800 g/mol. The lowest BCUT2D eigenvalue weighted by atomic mass is 10.0. The molecule has 1 N–H and O–H groups in total. The highest BCUT2D eigenvalue weighted by Crippen LogP contribution is 2.48. The van der Waals surface area contributed by atoms with E-state index in [-0.39, 0.29) is 0 Å². The van der Waals surface area contributed by atoms with Crippen LogP contribution in [-0.4, -0.2) is 18.7 Å². The number of aromatic amines is 1. The highest BCUT2D eigenvalue weighted by molar-refractivity contribution is 7.26. The quantitative estimate of drug-likeness (QED) is 0.111. The van der Waals surface area contributed by atoms with Crippen LogP contribution in [0.1, 0.15) is 0 Å². The van der Waals surface area contributed by atoms with Gasteiger partial charge in [-0.25, -0.2) is 0 Å². The Balaban J connectivity index is 0.000000108. The highest BCUT2D eigenvalue weighted by Gasteiger charge is 2.24. The van der Waals surface area contributed by atoms with Crippen LogP contribution in [0.2, 0.25) is 0 Å². The SMILES string of the molecule is c1ccc(N(c2ccc(-c3ccc4ccccc4c3)cc2)c2ccc(-n3c4ccccc4c4c5[nH]c6ccccc6c5ccc43)cc2)cc1.c1ccc(N(c2ccc(-c3ccc4ccccc4c3)cc2)c2ccc(-n3c4ccccc4c4ccccc43)cc2)cc1.c1ccc(N(c2ccc(-c3ccc4ccccc4c3)cc2)c2cccc(-n3c4ccccc4c4c5sc6ccccc6c5ccc43)c2)cc1. The van der Waals surface area contributed by atoms with Gasteiger partial charge in [-0.05, 0) is 272 Å². The number of nitrogens with zero attached hydrogens (tertiary/aromatic N) is 6. The molecule has 7 nitrogen and oxygen atoms in total. The van der Waals surface area contributed by atoms with Crippen LogP contribution in [0.15, 0.2) is 534 Å². The molecule has 0 aliphatic heterocycles. The van der Waals surface area contributed by atoms with Crippen molar-refractivity contribution in [2.75, 3.05) is 14.7 Å². The predicted octanol–water partition coefficient (Wildman–Crippen LogP) is 37.2. The van der Waals surface area contributed by atoms with E-state index >= 15 is 0 Å². The van der Waals surface area contributed by atoms with Crippen LogP contribution in [0.3, 0.4) is 0 Å². The summed E-state index contributed by atoms with van der Waals surface area (Å²) < 4.78 is 9.87. The summed E-state index contributed by atoms with van der Waals surface area (Å²) in [6.07, 6.45) is 0. The molecule has 0 unspecified atom stereocenters. The molecule has 0 saturated heterocycles. The van der Waals surface area contributed by atoms with Gasteiger partial charge in [-0.3, -0.25) is 0 Å². The molecule has 28 rings (SSSR count). The van der Waals surface area contributed by atoms with Gasteiger partial charge >= 0.3 is 0 Å². The fourth-order valence-corrected chi connectivity index (χ4v) is 22.5. The number of H-pyrrole nitrogens is 1. The van der Waals surface area contributed by atoms with Crippen LogP contribution < -0.4 is 14.7 Å². The van der Waals surface area contributed by atoms with Crippen molar-refractivity contribution in [3.8, 4) is 50.4 Å². The molecule has 0 amide bonds. The highest BCUT2D eigenvalue weighted by atomic mass is 32.1. The van der Waals surface area contributed by atoms with Gasteiger partial charge in [-0.2, -0.15) is 0 Å². The number of rotatable bonds is 15. The standard InChI is InChI=1S/C46H31N3.C46H30N2S.C40H28N2/c1-2-12-35(13-3-1)48(36-22-20-32(21-23-36)34-19-18-31-10-4-5-11-33(31)30-34)37-24-26-38(27-25-37)49-43-17-9-7-15-41(43)45-44(49)29-28-40-39-14-6-8-16-42(39)47-46(40)45;1-2-13-35(14-3-1)47(36-25-23-32(24-26-36)34-22-21-31-11-4-5-12-33(31)29-34)37-15-10-16-38(30-37)48-42-19-8-6-18-41(42)45-43(48)28-27-40-39-17-7-9-20-44(39)49-46(40)45;1-2-12-33(13-3-1)41(34-22-20-30(21-23-34)32-19-18-29-10-4-5-11-31(29)28-32)35-24-26-36(27-25-35)42-39-16-8-6-14-37(39)38-15-7-9-17-40(38)42/h1-30,47H;1-30H;1-28H. The third kappa shape index (κ3) is 14.8. The second-order valence-electron chi connectivity index (χ2n) is 36.0. The van der Waals surface area contributed by atoms with E-state index in [1.54, 1.807) is 0 Å². The van der Waals surface area contributed by atoms with Crippen LogP contribution in [0.4, 0.5) is 51.2 Å². The minimum absolute atomic E-state index is 1.10. The molecule has 0 saturated carbocycles. The van der Waals surface area contributed by atoms with Crippen molar-refractivity contribution in [3.05, 3.63) is 534 Å². The Labute approximate surface area is 813 Å². The number of hydrogen-bond acceptors (Lipinski definition) is 4. The van der Waals surface area contributed by atoms with E-state index in [0.717, 1.165) is 73.8 Å². The molecule has 23 aromatic carbocycles. The van der Waals surface area contributed by atoms with Crippen LogP contribution in [0, 0.1) is 0 Å². The summed E-state index contributed by atoms with van der Waals surface area (Å²) in [5.41, 5.74) is 30.3. The third-order valence-electron chi connectivity index (χ3n) is 27.8. The number of benzene rings is 23. The van der Waals surface area contributed by atoms with E-state index in [4.69, 9.17) is 0 Å². The van der Waals surface area contributed by atoms with E-state index in [1.165, 1.54) is 168 Å². The van der Waals surface area contributed by atoms with E-state index in [2.05, 4.69) is 567 Å². The number of nitrogens with one attached hydrogen (secondary N) is 1. The lowest BCUT2D eigenvalue weighted by molar-refractivity contribution is 1.17. The maximum Gasteiger partial charge on any atom is 0.0566 e. The minimum atomic E-state index is 1.10. The third-order valence-corrected chi connectivity index (χ3v) is 29.0. The van der Waals surface area contributed by atoms with Gasteiger partial charge in [-0.1, -0.05) is 328 Å². The fraction of sp³-hybridized carbons (Fsp3) is 0. The Kier molecular flexibility index (Phi) is 20.7. The lowest BCUT2D eigenvalue weighted by Gasteiger charge is -2.26. The van der Waals surface area contributed by atoms with Crippen LogP contribution >= 0.6 is 11.3 Å². The molecule has 0 fully saturated rings. The Morgan fingerprint density at radius 2 is 0.486 bits per heavy atom. The van der Waals surface area contributed by atoms with Crippen molar-refractivity contribution in [2.45, 2.75) is 0 Å². The molecule has 0 aliphatic carbocycles. The molecular weight excluding hydrogens is 1720 g/mol. The number of aromatic nitrogens is 4. The molecule has 0 radical (unpaired) electrons. The Bertz CT molecular complexity index is 9500. The van der Waals surface area contributed by atoms with Crippen LogP contribution in [0.25, 0.3) is 190 Å². The molecule has 0 bridgehead atoms. The Morgan fingerprint density at radius 1 is 0.171 bits per heavy atom. The van der Waals surface area contributed by atoms with Crippen molar-refractivity contribution < 1.29 is 0 Å². The number of para-hydroxylation sites is 8.